The molecule has 0 aliphatic heterocycles. The summed E-state index contributed by atoms with van der Waals surface area (Å²) in [4.78, 5) is 7.77. The van der Waals surface area contributed by atoms with E-state index < -0.39 is 5.82 Å². The van der Waals surface area contributed by atoms with Gasteiger partial charge < -0.3 is 5.32 Å². The number of aromatic nitrogens is 2. The number of nitrogens with zero attached hydrogens (tertiary/aromatic N) is 2. The molecule has 0 fully saturated rings. The van der Waals surface area contributed by atoms with Crippen molar-refractivity contribution >= 4 is 50.6 Å². The van der Waals surface area contributed by atoms with Gasteiger partial charge in [0.25, 0.3) is 0 Å². The molecular weight excluding hydrogens is 332 g/mol. The Labute approximate surface area is 115 Å². The second kappa shape index (κ2) is 5.16. The van der Waals surface area contributed by atoms with E-state index in [1.54, 1.807) is 6.07 Å². The molecule has 2 rings (SSSR count). The second-order valence-electron chi connectivity index (χ2n) is 3.09. The van der Waals surface area contributed by atoms with Crippen molar-refractivity contribution in [2.75, 3.05) is 5.32 Å². The van der Waals surface area contributed by atoms with Gasteiger partial charge in [-0.15, -0.1) is 0 Å². The Hall–Kier alpha value is -0.910. The van der Waals surface area contributed by atoms with Crippen molar-refractivity contribution in [1.29, 1.82) is 0 Å². The SMILES string of the molecule is Fc1ccc(Nc2nc(Cl)ncc2Br)cc1Cl. The van der Waals surface area contributed by atoms with Crippen LogP contribution in [0.1, 0.15) is 0 Å². The summed E-state index contributed by atoms with van der Waals surface area (Å²) in [7, 11) is 0. The Morgan fingerprint density at radius 1 is 1.29 bits per heavy atom. The van der Waals surface area contributed by atoms with Gasteiger partial charge in [0, 0.05) is 11.9 Å². The molecule has 0 aliphatic rings. The molecule has 0 saturated heterocycles. The van der Waals surface area contributed by atoms with Crippen LogP contribution in [0.4, 0.5) is 15.9 Å². The quantitative estimate of drug-likeness (QED) is 0.824. The van der Waals surface area contributed by atoms with E-state index >= 15 is 0 Å². The monoisotopic (exact) mass is 335 g/mol. The average molecular weight is 337 g/mol. The highest BCUT2D eigenvalue weighted by Crippen LogP contribution is 2.26. The summed E-state index contributed by atoms with van der Waals surface area (Å²) in [5, 5.41) is 3.10. The molecule has 0 bridgehead atoms. The summed E-state index contributed by atoms with van der Waals surface area (Å²) in [6, 6.07) is 4.27. The van der Waals surface area contributed by atoms with Crippen molar-refractivity contribution in [2.24, 2.45) is 0 Å². The lowest BCUT2D eigenvalue weighted by Gasteiger charge is -2.07. The number of nitrogens with one attached hydrogen (secondary N) is 1. The lowest BCUT2D eigenvalue weighted by atomic mass is 10.3. The molecule has 3 nitrogen and oxygen atoms in total. The third-order valence-electron chi connectivity index (χ3n) is 1.90. The minimum absolute atomic E-state index is 0.0336. The minimum Gasteiger partial charge on any atom is -0.339 e. The predicted octanol–water partition coefficient (Wildman–Crippen LogP) is 4.43. The molecule has 0 spiro atoms. The summed E-state index contributed by atoms with van der Waals surface area (Å²) in [6.45, 7) is 0. The molecule has 2 aromatic rings. The van der Waals surface area contributed by atoms with E-state index in [-0.39, 0.29) is 10.3 Å². The molecule has 0 amide bonds. The van der Waals surface area contributed by atoms with Gasteiger partial charge in [-0.3, -0.25) is 0 Å². The zero-order chi connectivity index (χ0) is 12.4. The smallest absolute Gasteiger partial charge is 0.224 e. The summed E-state index contributed by atoms with van der Waals surface area (Å²) >= 11 is 14.6. The van der Waals surface area contributed by atoms with Gasteiger partial charge in [0.05, 0.1) is 9.50 Å². The molecule has 17 heavy (non-hydrogen) atoms. The first-order chi connectivity index (χ1) is 8.06. The van der Waals surface area contributed by atoms with Gasteiger partial charge in [-0.1, -0.05) is 11.6 Å². The van der Waals surface area contributed by atoms with Crippen molar-refractivity contribution in [2.45, 2.75) is 0 Å². The highest BCUT2D eigenvalue weighted by atomic mass is 79.9. The number of halogens is 4. The van der Waals surface area contributed by atoms with Crippen LogP contribution in [0.5, 0.6) is 0 Å². The molecule has 1 aromatic carbocycles. The van der Waals surface area contributed by atoms with Crippen LogP contribution in [0.15, 0.2) is 28.9 Å². The maximum atomic E-state index is 13.0. The predicted molar refractivity (Wildman–Crippen MR) is 69.4 cm³/mol. The Kier molecular flexibility index (Phi) is 3.81. The Balaban J connectivity index is 2.31. The van der Waals surface area contributed by atoms with Gasteiger partial charge in [-0.2, -0.15) is 4.98 Å². The largest absolute Gasteiger partial charge is 0.339 e. The van der Waals surface area contributed by atoms with Crippen LogP contribution in [-0.2, 0) is 0 Å². The van der Waals surface area contributed by atoms with E-state index in [0.717, 1.165) is 0 Å². The molecule has 1 aromatic heterocycles. The van der Waals surface area contributed by atoms with E-state index in [0.29, 0.717) is 16.0 Å². The van der Waals surface area contributed by atoms with Gasteiger partial charge in [0.1, 0.15) is 11.6 Å². The summed E-state index contributed by atoms with van der Waals surface area (Å²) in [6.07, 6.45) is 1.52. The van der Waals surface area contributed by atoms with Crippen LogP contribution < -0.4 is 5.32 Å². The van der Waals surface area contributed by atoms with E-state index in [9.17, 15) is 4.39 Å². The van der Waals surface area contributed by atoms with Crippen LogP contribution in [-0.4, -0.2) is 9.97 Å². The Morgan fingerprint density at radius 3 is 2.76 bits per heavy atom. The van der Waals surface area contributed by atoms with Crippen LogP contribution in [0.25, 0.3) is 0 Å². The van der Waals surface area contributed by atoms with E-state index in [2.05, 4.69) is 31.2 Å². The zero-order valence-electron chi connectivity index (χ0n) is 8.22. The fraction of sp³-hybridized carbons (Fsp3) is 0. The van der Waals surface area contributed by atoms with Crippen LogP contribution in [0.3, 0.4) is 0 Å². The van der Waals surface area contributed by atoms with Crippen molar-refractivity contribution < 1.29 is 4.39 Å². The average Bonchev–Trinajstić information content (AvgIpc) is 2.29. The molecule has 88 valence electrons. The van der Waals surface area contributed by atoms with Crippen molar-refractivity contribution in [3.63, 3.8) is 0 Å². The van der Waals surface area contributed by atoms with Crippen LogP contribution in [0.2, 0.25) is 10.3 Å². The van der Waals surface area contributed by atoms with Gasteiger partial charge in [-0.05, 0) is 45.7 Å². The van der Waals surface area contributed by atoms with E-state index in [4.69, 9.17) is 23.2 Å². The lowest BCUT2D eigenvalue weighted by Crippen LogP contribution is -1.96. The van der Waals surface area contributed by atoms with Gasteiger partial charge >= 0.3 is 0 Å². The van der Waals surface area contributed by atoms with Gasteiger partial charge in [-0.25, -0.2) is 9.37 Å². The van der Waals surface area contributed by atoms with E-state index in [1.165, 1.54) is 18.3 Å². The molecule has 0 radical (unpaired) electrons. The number of anilines is 2. The third kappa shape index (κ3) is 3.06. The molecule has 1 N–H and O–H groups in total. The first-order valence-electron chi connectivity index (χ1n) is 4.46. The standard InChI is InChI=1S/C10H5BrCl2FN3/c11-6-4-15-10(13)17-9(6)16-5-1-2-8(14)7(12)3-5/h1-4H,(H,15,16,17). The normalized spacial score (nSPS) is 10.4. The van der Waals surface area contributed by atoms with Crippen molar-refractivity contribution in [3.8, 4) is 0 Å². The van der Waals surface area contributed by atoms with Crippen molar-refractivity contribution in [3.05, 3.63) is 45.0 Å². The van der Waals surface area contributed by atoms with Crippen LogP contribution >= 0.6 is 39.1 Å². The third-order valence-corrected chi connectivity index (χ3v) is 2.95. The first kappa shape index (κ1) is 12.5. The summed E-state index contributed by atoms with van der Waals surface area (Å²) in [5.74, 6) is 0.00433. The maximum absolute atomic E-state index is 13.0. The molecule has 0 saturated carbocycles. The van der Waals surface area contributed by atoms with Gasteiger partial charge in [0.2, 0.25) is 5.28 Å². The number of hydrogen-bond donors (Lipinski definition) is 1. The Morgan fingerprint density at radius 2 is 2.06 bits per heavy atom. The fourth-order valence-corrected chi connectivity index (χ4v) is 1.75. The molecule has 0 unspecified atom stereocenters. The highest BCUT2D eigenvalue weighted by molar-refractivity contribution is 9.10. The summed E-state index contributed by atoms with van der Waals surface area (Å²) in [5.41, 5.74) is 0.604. The summed E-state index contributed by atoms with van der Waals surface area (Å²) < 4.78 is 13.6. The molecule has 0 aliphatic carbocycles. The fourth-order valence-electron chi connectivity index (χ4n) is 1.14. The molecule has 1 heterocycles. The van der Waals surface area contributed by atoms with Crippen molar-refractivity contribution in [1.82, 2.24) is 9.97 Å². The molecule has 0 atom stereocenters. The Bertz CT molecular complexity index is 565. The molecule has 7 heteroatoms. The molecular formula is C10H5BrCl2FN3. The number of rotatable bonds is 2. The van der Waals surface area contributed by atoms with Gasteiger partial charge in [0.15, 0.2) is 0 Å². The zero-order valence-corrected chi connectivity index (χ0v) is 11.3. The minimum atomic E-state index is -0.475. The maximum Gasteiger partial charge on any atom is 0.224 e. The number of benzene rings is 1. The topological polar surface area (TPSA) is 37.8 Å². The second-order valence-corrected chi connectivity index (χ2v) is 4.69. The van der Waals surface area contributed by atoms with Crippen LogP contribution in [0, 0.1) is 5.82 Å². The number of hydrogen-bond acceptors (Lipinski definition) is 3. The van der Waals surface area contributed by atoms with E-state index in [1.807, 2.05) is 0 Å². The highest BCUT2D eigenvalue weighted by Gasteiger charge is 2.06. The lowest BCUT2D eigenvalue weighted by molar-refractivity contribution is 0.628. The first-order valence-corrected chi connectivity index (χ1v) is 6.01.